The number of amides is 1. The summed E-state index contributed by atoms with van der Waals surface area (Å²) in [7, 11) is 0. The molecule has 0 bridgehead atoms. The normalized spacial score (nSPS) is 20.3. The molecule has 0 radical (unpaired) electrons. The molecule has 2 aromatic rings. The Kier molecular flexibility index (Phi) is 7.39. The summed E-state index contributed by atoms with van der Waals surface area (Å²) in [5.41, 5.74) is 2.86. The zero-order valence-corrected chi connectivity index (χ0v) is 20.4. The summed E-state index contributed by atoms with van der Waals surface area (Å²) in [6, 6.07) is 14.7. The van der Waals surface area contributed by atoms with Crippen molar-refractivity contribution in [1.82, 2.24) is 14.7 Å². The Bertz CT molecular complexity index is 1010. The van der Waals surface area contributed by atoms with Crippen molar-refractivity contribution < 1.29 is 22.7 Å². The van der Waals surface area contributed by atoms with Gasteiger partial charge in [-0.1, -0.05) is 30.7 Å². The quantitative estimate of drug-likeness (QED) is 0.596. The van der Waals surface area contributed by atoms with Gasteiger partial charge in [0.25, 0.3) is 0 Å². The fourth-order valence-electron chi connectivity index (χ4n) is 5.26. The van der Waals surface area contributed by atoms with Crippen molar-refractivity contribution in [2.75, 3.05) is 63.8 Å². The Morgan fingerprint density at radius 2 is 1.39 bits per heavy atom. The molecule has 0 unspecified atom stereocenters. The van der Waals surface area contributed by atoms with Crippen molar-refractivity contribution in [2.24, 2.45) is 0 Å². The van der Waals surface area contributed by atoms with Gasteiger partial charge < -0.3 is 14.5 Å². The van der Waals surface area contributed by atoms with Crippen molar-refractivity contribution in [3.63, 3.8) is 0 Å². The monoisotopic (exact) mass is 502 g/mol. The van der Waals surface area contributed by atoms with Crippen molar-refractivity contribution in [3.05, 3.63) is 48.5 Å². The summed E-state index contributed by atoms with van der Waals surface area (Å²) in [6.45, 7) is 7.59. The predicted octanol–water partition coefficient (Wildman–Crippen LogP) is 4.07. The maximum atomic E-state index is 12.8. The number of halogens is 3. The van der Waals surface area contributed by atoms with E-state index in [4.69, 9.17) is 0 Å². The van der Waals surface area contributed by atoms with E-state index in [1.54, 1.807) is 12.1 Å². The van der Waals surface area contributed by atoms with Crippen molar-refractivity contribution in [3.8, 4) is 16.9 Å². The van der Waals surface area contributed by atoms with E-state index in [1.807, 2.05) is 29.2 Å². The topological polar surface area (TPSA) is 39.3 Å². The van der Waals surface area contributed by atoms with E-state index < -0.39 is 6.36 Å². The molecule has 2 aliphatic heterocycles. The van der Waals surface area contributed by atoms with Gasteiger partial charge >= 0.3 is 6.36 Å². The molecule has 0 spiro atoms. The van der Waals surface area contributed by atoms with Crippen LogP contribution in [0.15, 0.2) is 48.5 Å². The van der Waals surface area contributed by atoms with Gasteiger partial charge in [-0.25, -0.2) is 0 Å². The van der Waals surface area contributed by atoms with E-state index in [-0.39, 0.29) is 11.7 Å². The number of alkyl halides is 3. The lowest BCUT2D eigenvalue weighted by atomic mass is 9.91. The number of benzene rings is 2. The zero-order valence-electron chi connectivity index (χ0n) is 20.4. The molecule has 36 heavy (non-hydrogen) atoms. The van der Waals surface area contributed by atoms with Gasteiger partial charge in [0.15, 0.2) is 0 Å². The lowest BCUT2D eigenvalue weighted by molar-refractivity contribution is -0.274. The number of hydrogen-bond donors (Lipinski definition) is 0. The molecule has 194 valence electrons. The second-order valence-electron chi connectivity index (χ2n) is 9.88. The zero-order chi connectivity index (χ0) is 25.1. The Morgan fingerprint density at radius 1 is 0.806 bits per heavy atom. The average Bonchev–Trinajstić information content (AvgIpc) is 2.84. The highest BCUT2D eigenvalue weighted by atomic mass is 19.4. The molecule has 0 N–H and O–H groups in total. The summed E-state index contributed by atoms with van der Waals surface area (Å²) >= 11 is 0. The molecule has 6 nitrogen and oxygen atoms in total. The fraction of sp³-hybridized carbons (Fsp3) is 0.519. The van der Waals surface area contributed by atoms with Crippen molar-refractivity contribution in [2.45, 2.75) is 31.7 Å². The van der Waals surface area contributed by atoms with Gasteiger partial charge in [0.2, 0.25) is 5.91 Å². The van der Waals surface area contributed by atoms with Crippen LogP contribution in [0, 0.1) is 0 Å². The molecule has 0 atom stereocenters. The third-order valence-corrected chi connectivity index (χ3v) is 7.64. The lowest BCUT2D eigenvalue weighted by Gasteiger charge is -2.43. The van der Waals surface area contributed by atoms with Crippen LogP contribution in [-0.2, 0) is 4.79 Å². The highest BCUT2D eigenvalue weighted by Crippen LogP contribution is 2.28. The first-order valence-electron chi connectivity index (χ1n) is 12.8. The van der Waals surface area contributed by atoms with E-state index >= 15 is 0 Å². The van der Waals surface area contributed by atoms with E-state index in [0.29, 0.717) is 6.54 Å². The Morgan fingerprint density at radius 3 is 1.92 bits per heavy atom. The third kappa shape index (κ3) is 6.13. The number of nitrogens with zero attached hydrogens (tertiary/aromatic N) is 4. The summed E-state index contributed by atoms with van der Waals surface area (Å²) in [4.78, 5) is 22.0. The highest BCUT2D eigenvalue weighted by molar-refractivity contribution is 5.78. The standard InChI is InChI=1S/C27H33F3N4O2/c28-27(29,30)36-25-10-6-22(7-11-25)21-4-8-24(9-5-21)32-14-12-31(13-15-32)20-26(35)34-18-16-33(17-19-34)23-2-1-3-23/h4-11,23H,1-3,12-20H2. The van der Waals surface area contributed by atoms with Crippen molar-refractivity contribution in [1.29, 1.82) is 0 Å². The molecule has 3 aliphatic rings. The maximum Gasteiger partial charge on any atom is 0.573 e. The molecule has 2 saturated heterocycles. The van der Waals surface area contributed by atoms with Crippen LogP contribution in [0.4, 0.5) is 18.9 Å². The Hall–Kier alpha value is -2.78. The summed E-state index contributed by atoms with van der Waals surface area (Å²) in [5, 5.41) is 0. The highest BCUT2D eigenvalue weighted by Gasteiger charge is 2.31. The van der Waals surface area contributed by atoms with Gasteiger partial charge in [-0.05, 0) is 48.2 Å². The van der Waals surface area contributed by atoms with Gasteiger partial charge in [-0.15, -0.1) is 13.2 Å². The molecular formula is C27H33F3N4O2. The van der Waals surface area contributed by atoms with E-state index in [0.717, 1.165) is 75.2 Å². The molecule has 2 heterocycles. The molecule has 2 aromatic carbocycles. The average molecular weight is 503 g/mol. The van der Waals surface area contributed by atoms with E-state index in [9.17, 15) is 18.0 Å². The maximum absolute atomic E-state index is 12.8. The molecule has 3 fully saturated rings. The minimum Gasteiger partial charge on any atom is -0.406 e. The summed E-state index contributed by atoms with van der Waals surface area (Å²) in [5.74, 6) is 0.0165. The van der Waals surface area contributed by atoms with Crippen LogP contribution in [0.1, 0.15) is 19.3 Å². The lowest BCUT2D eigenvalue weighted by Crippen LogP contribution is -2.56. The number of rotatable bonds is 6. The summed E-state index contributed by atoms with van der Waals surface area (Å²) < 4.78 is 41.0. The van der Waals surface area contributed by atoms with E-state index in [2.05, 4.69) is 19.4 Å². The number of hydrogen-bond acceptors (Lipinski definition) is 5. The van der Waals surface area contributed by atoms with E-state index in [1.165, 1.54) is 31.4 Å². The molecule has 1 saturated carbocycles. The predicted molar refractivity (Wildman–Crippen MR) is 133 cm³/mol. The first-order valence-corrected chi connectivity index (χ1v) is 12.8. The second-order valence-corrected chi connectivity index (χ2v) is 9.88. The molecule has 0 aromatic heterocycles. The smallest absolute Gasteiger partial charge is 0.406 e. The molecule has 1 amide bonds. The van der Waals surface area contributed by atoms with Crippen LogP contribution in [0.2, 0.25) is 0 Å². The van der Waals surface area contributed by atoms with Crippen LogP contribution in [0.25, 0.3) is 11.1 Å². The van der Waals surface area contributed by atoms with Gasteiger partial charge in [-0.2, -0.15) is 0 Å². The van der Waals surface area contributed by atoms with Crippen LogP contribution < -0.4 is 9.64 Å². The SMILES string of the molecule is O=C(CN1CCN(c2ccc(-c3ccc(OC(F)(F)F)cc3)cc2)CC1)N1CCN(C2CCC2)CC1. The largest absolute Gasteiger partial charge is 0.573 e. The number of ether oxygens (including phenoxy) is 1. The molecular weight excluding hydrogens is 469 g/mol. The number of piperazine rings is 2. The van der Waals surface area contributed by atoms with Gasteiger partial charge in [0, 0.05) is 64.1 Å². The molecule has 9 heteroatoms. The first-order chi connectivity index (χ1) is 17.3. The van der Waals surface area contributed by atoms with Gasteiger partial charge in [0.1, 0.15) is 5.75 Å². The van der Waals surface area contributed by atoms with Crippen LogP contribution >= 0.6 is 0 Å². The molecule has 5 rings (SSSR count). The number of carbonyl (C=O) groups excluding carboxylic acids is 1. The minimum atomic E-state index is -4.69. The Labute approximate surface area is 210 Å². The second kappa shape index (κ2) is 10.7. The van der Waals surface area contributed by atoms with Crippen LogP contribution in [0.3, 0.4) is 0 Å². The number of carbonyl (C=O) groups is 1. The fourth-order valence-corrected chi connectivity index (χ4v) is 5.26. The number of anilines is 1. The first kappa shape index (κ1) is 24.9. The van der Waals surface area contributed by atoms with Crippen LogP contribution in [-0.4, -0.2) is 91.9 Å². The third-order valence-electron chi connectivity index (χ3n) is 7.64. The summed E-state index contributed by atoms with van der Waals surface area (Å²) in [6.07, 6.45) is -0.716. The van der Waals surface area contributed by atoms with Crippen LogP contribution in [0.5, 0.6) is 5.75 Å². The van der Waals surface area contributed by atoms with Gasteiger partial charge in [0.05, 0.1) is 6.54 Å². The molecule has 1 aliphatic carbocycles. The minimum absolute atomic E-state index is 0.227. The Balaban J connectivity index is 1.07. The van der Waals surface area contributed by atoms with Gasteiger partial charge in [-0.3, -0.25) is 14.6 Å². The van der Waals surface area contributed by atoms with Crippen molar-refractivity contribution >= 4 is 11.6 Å².